The highest BCUT2D eigenvalue weighted by Gasteiger charge is 2.23. The summed E-state index contributed by atoms with van der Waals surface area (Å²) in [4.78, 5) is 20.6. The second kappa shape index (κ2) is 4.47. The number of nitrogens with zero attached hydrogens (tertiary/aromatic N) is 2. The van der Waals surface area contributed by atoms with E-state index >= 15 is 0 Å². The first-order valence-electron chi connectivity index (χ1n) is 5.57. The fourth-order valence-corrected chi connectivity index (χ4v) is 2.15. The summed E-state index contributed by atoms with van der Waals surface area (Å²) in [5.41, 5.74) is 1.21. The summed E-state index contributed by atoms with van der Waals surface area (Å²) in [6, 6.07) is 0. The van der Waals surface area contributed by atoms with Crippen LogP contribution in [0.15, 0.2) is 12.5 Å². The molecule has 1 saturated heterocycles. The quantitative estimate of drug-likeness (QED) is 0.799. The molecule has 1 fully saturated rings. The van der Waals surface area contributed by atoms with Crippen molar-refractivity contribution in [2.75, 3.05) is 13.1 Å². The minimum absolute atomic E-state index is 0.276. The van der Waals surface area contributed by atoms with Crippen LogP contribution < -0.4 is 0 Å². The summed E-state index contributed by atoms with van der Waals surface area (Å²) < 4.78 is 0. The van der Waals surface area contributed by atoms with Crippen LogP contribution in [-0.4, -0.2) is 33.9 Å². The van der Waals surface area contributed by atoms with Crippen LogP contribution >= 0.6 is 0 Å². The van der Waals surface area contributed by atoms with Crippen molar-refractivity contribution in [3.63, 3.8) is 0 Å². The van der Waals surface area contributed by atoms with Crippen LogP contribution in [0.4, 0.5) is 0 Å². The first-order valence-corrected chi connectivity index (χ1v) is 5.57. The van der Waals surface area contributed by atoms with Gasteiger partial charge in [0.05, 0.1) is 6.33 Å². The minimum Gasteiger partial charge on any atom is -0.348 e. The molecule has 2 rings (SSSR count). The summed E-state index contributed by atoms with van der Waals surface area (Å²) in [7, 11) is 0. The van der Waals surface area contributed by atoms with Gasteiger partial charge in [-0.2, -0.15) is 0 Å². The van der Waals surface area contributed by atoms with E-state index in [1.54, 1.807) is 6.33 Å². The molecule has 1 aliphatic rings. The number of likely N-dealkylation sites (tertiary alicyclic amines) is 1. The zero-order valence-corrected chi connectivity index (χ0v) is 9.07. The van der Waals surface area contributed by atoms with Crippen molar-refractivity contribution in [1.29, 1.82) is 0 Å². The topological polar surface area (TPSA) is 49.0 Å². The lowest BCUT2D eigenvalue weighted by molar-refractivity contribution is -0.131. The van der Waals surface area contributed by atoms with Crippen LogP contribution in [-0.2, 0) is 4.79 Å². The molecule has 0 unspecified atom stereocenters. The molecule has 1 amide bonds. The molecule has 4 nitrogen and oxygen atoms in total. The van der Waals surface area contributed by atoms with Gasteiger partial charge in [0.2, 0.25) is 5.91 Å². The van der Waals surface area contributed by atoms with Crippen molar-refractivity contribution in [3.8, 4) is 0 Å². The van der Waals surface area contributed by atoms with Crippen molar-refractivity contribution in [1.82, 2.24) is 14.9 Å². The second-order valence-electron chi connectivity index (χ2n) is 4.02. The molecule has 0 atom stereocenters. The van der Waals surface area contributed by atoms with Gasteiger partial charge in [0, 0.05) is 37.3 Å². The third-order valence-corrected chi connectivity index (χ3v) is 3.11. The number of H-pyrrole nitrogens is 1. The van der Waals surface area contributed by atoms with Crippen LogP contribution in [0.25, 0.3) is 0 Å². The SMILES string of the molecule is CCC(=O)N1CCC(c2cnc[nH]2)CC1. The highest BCUT2D eigenvalue weighted by Crippen LogP contribution is 2.26. The zero-order valence-electron chi connectivity index (χ0n) is 9.07. The van der Waals surface area contributed by atoms with E-state index in [0.717, 1.165) is 25.9 Å². The lowest BCUT2D eigenvalue weighted by Crippen LogP contribution is -2.37. The maximum atomic E-state index is 11.5. The summed E-state index contributed by atoms with van der Waals surface area (Å²) in [6.45, 7) is 3.69. The number of imidazole rings is 1. The van der Waals surface area contributed by atoms with Gasteiger partial charge >= 0.3 is 0 Å². The molecular formula is C11H17N3O. The van der Waals surface area contributed by atoms with Gasteiger partial charge in [-0.15, -0.1) is 0 Å². The third kappa shape index (κ3) is 2.19. The van der Waals surface area contributed by atoms with Gasteiger partial charge in [0.25, 0.3) is 0 Å². The van der Waals surface area contributed by atoms with E-state index in [-0.39, 0.29) is 5.91 Å². The van der Waals surface area contributed by atoms with E-state index in [9.17, 15) is 4.79 Å². The number of piperidine rings is 1. The Morgan fingerprint density at radius 2 is 2.33 bits per heavy atom. The van der Waals surface area contributed by atoms with Gasteiger partial charge in [-0.05, 0) is 12.8 Å². The van der Waals surface area contributed by atoms with E-state index < -0.39 is 0 Å². The Hall–Kier alpha value is -1.32. The monoisotopic (exact) mass is 207 g/mol. The van der Waals surface area contributed by atoms with Crippen molar-refractivity contribution >= 4 is 5.91 Å². The van der Waals surface area contributed by atoms with E-state index in [1.807, 2.05) is 18.0 Å². The lowest BCUT2D eigenvalue weighted by atomic mass is 9.94. The normalized spacial score (nSPS) is 18.1. The maximum absolute atomic E-state index is 11.5. The molecule has 0 aliphatic carbocycles. The van der Waals surface area contributed by atoms with E-state index in [1.165, 1.54) is 5.69 Å². The van der Waals surface area contributed by atoms with E-state index in [4.69, 9.17) is 0 Å². The summed E-state index contributed by atoms with van der Waals surface area (Å²) in [5, 5.41) is 0. The number of rotatable bonds is 2. The van der Waals surface area contributed by atoms with Gasteiger partial charge in [-0.25, -0.2) is 4.98 Å². The average Bonchev–Trinajstić information content (AvgIpc) is 2.82. The number of carbonyl (C=O) groups excluding carboxylic acids is 1. The first-order chi connectivity index (χ1) is 7.31. The number of hydrogen-bond donors (Lipinski definition) is 1. The number of carbonyl (C=O) groups is 1. The van der Waals surface area contributed by atoms with Gasteiger partial charge in [-0.3, -0.25) is 4.79 Å². The van der Waals surface area contributed by atoms with Gasteiger partial charge in [0.15, 0.2) is 0 Å². The summed E-state index contributed by atoms with van der Waals surface area (Å²) in [5.74, 6) is 0.825. The Balaban J connectivity index is 1.90. The summed E-state index contributed by atoms with van der Waals surface area (Å²) in [6.07, 6.45) is 6.33. The molecule has 0 bridgehead atoms. The number of amides is 1. The Morgan fingerprint density at radius 1 is 1.60 bits per heavy atom. The van der Waals surface area contributed by atoms with Crippen molar-refractivity contribution in [2.24, 2.45) is 0 Å². The smallest absolute Gasteiger partial charge is 0.222 e. The molecule has 1 aromatic rings. The highest BCUT2D eigenvalue weighted by atomic mass is 16.2. The Morgan fingerprint density at radius 3 is 2.87 bits per heavy atom. The standard InChI is InChI=1S/C11H17N3O/c1-2-11(15)14-5-3-9(4-6-14)10-7-12-8-13-10/h7-9H,2-6H2,1H3,(H,12,13). The molecule has 1 aliphatic heterocycles. The number of aromatic nitrogens is 2. The minimum atomic E-state index is 0.276. The molecule has 0 saturated carbocycles. The molecular weight excluding hydrogens is 190 g/mol. The second-order valence-corrected chi connectivity index (χ2v) is 4.02. The largest absolute Gasteiger partial charge is 0.348 e. The number of hydrogen-bond acceptors (Lipinski definition) is 2. The van der Waals surface area contributed by atoms with Crippen molar-refractivity contribution < 1.29 is 4.79 Å². The van der Waals surface area contributed by atoms with Crippen LogP contribution in [0.5, 0.6) is 0 Å². The number of nitrogens with one attached hydrogen (secondary N) is 1. The number of aromatic amines is 1. The predicted octanol–water partition coefficient (Wildman–Crippen LogP) is 1.53. The average molecular weight is 207 g/mol. The Bertz CT molecular complexity index is 313. The van der Waals surface area contributed by atoms with Crippen molar-refractivity contribution in [3.05, 3.63) is 18.2 Å². The third-order valence-electron chi connectivity index (χ3n) is 3.11. The van der Waals surface area contributed by atoms with Gasteiger partial charge in [0.1, 0.15) is 0 Å². The van der Waals surface area contributed by atoms with E-state index in [2.05, 4.69) is 9.97 Å². The molecule has 0 spiro atoms. The predicted molar refractivity (Wildman–Crippen MR) is 57.4 cm³/mol. The fraction of sp³-hybridized carbons (Fsp3) is 0.636. The van der Waals surface area contributed by atoms with Crippen LogP contribution in [0.3, 0.4) is 0 Å². The molecule has 15 heavy (non-hydrogen) atoms. The van der Waals surface area contributed by atoms with Crippen LogP contribution in [0, 0.1) is 0 Å². The highest BCUT2D eigenvalue weighted by molar-refractivity contribution is 5.75. The summed E-state index contributed by atoms with van der Waals surface area (Å²) >= 11 is 0. The molecule has 0 radical (unpaired) electrons. The first kappa shape index (κ1) is 10.2. The molecule has 2 heterocycles. The molecule has 4 heteroatoms. The van der Waals surface area contributed by atoms with Crippen LogP contribution in [0.1, 0.15) is 37.8 Å². The molecule has 0 aromatic carbocycles. The zero-order chi connectivity index (χ0) is 10.7. The maximum Gasteiger partial charge on any atom is 0.222 e. The molecule has 1 aromatic heterocycles. The Kier molecular flexibility index (Phi) is 3.04. The van der Waals surface area contributed by atoms with Gasteiger partial charge < -0.3 is 9.88 Å². The van der Waals surface area contributed by atoms with Crippen molar-refractivity contribution in [2.45, 2.75) is 32.1 Å². The van der Waals surface area contributed by atoms with E-state index in [0.29, 0.717) is 12.3 Å². The molecule has 1 N–H and O–H groups in total. The molecule has 82 valence electrons. The lowest BCUT2D eigenvalue weighted by Gasteiger charge is -2.31. The fourth-order valence-electron chi connectivity index (χ4n) is 2.15. The van der Waals surface area contributed by atoms with Crippen LogP contribution in [0.2, 0.25) is 0 Å². The van der Waals surface area contributed by atoms with Gasteiger partial charge in [-0.1, -0.05) is 6.92 Å². The Labute approximate surface area is 89.7 Å².